The standard InChI is InChI=1S/C10H16O4/c1-2-5-8(10(11)12)14-9-6-3-4-7-13-9/h5,9H,2-4,6-7H2,1H3,(H,11,12)/b8-5+. The van der Waals surface area contributed by atoms with Crippen LogP contribution >= 0.6 is 0 Å². The molecule has 1 atom stereocenters. The molecule has 1 aliphatic rings. The van der Waals surface area contributed by atoms with Crippen LogP contribution in [0.4, 0.5) is 0 Å². The van der Waals surface area contributed by atoms with Crippen molar-refractivity contribution in [2.75, 3.05) is 6.61 Å². The van der Waals surface area contributed by atoms with E-state index in [9.17, 15) is 4.79 Å². The zero-order valence-electron chi connectivity index (χ0n) is 8.36. The summed E-state index contributed by atoms with van der Waals surface area (Å²) in [6.45, 7) is 2.53. The second-order valence-corrected chi connectivity index (χ2v) is 3.20. The van der Waals surface area contributed by atoms with Crippen LogP contribution in [0.15, 0.2) is 11.8 Å². The molecule has 14 heavy (non-hydrogen) atoms. The van der Waals surface area contributed by atoms with Gasteiger partial charge in [0.15, 0.2) is 6.29 Å². The van der Waals surface area contributed by atoms with Crippen LogP contribution in [0.3, 0.4) is 0 Å². The maximum atomic E-state index is 10.7. The minimum atomic E-state index is -1.03. The van der Waals surface area contributed by atoms with Crippen LogP contribution in [0.1, 0.15) is 32.6 Å². The molecule has 0 aromatic carbocycles. The van der Waals surface area contributed by atoms with Gasteiger partial charge in [0.1, 0.15) is 0 Å². The van der Waals surface area contributed by atoms with Gasteiger partial charge in [-0.3, -0.25) is 0 Å². The fraction of sp³-hybridized carbons (Fsp3) is 0.700. The van der Waals surface area contributed by atoms with E-state index < -0.39 is 5.97 Å². The maximum Gasteiger partial charge on any atom is 0.370 e. The molecule has 0 aliphatic carbocycles. The molecule has 0 bridgehead atoms. The lowest BCUT2D eigenvalue weighted by atomic mass is 10.2. The molecule has 4 heteroatoms. The second kappa shape index (κ2) is 5.65. The van der Waals surface area contributed by atoms with Crippen LogP contribution in [0, 0.1) is 0 Å². The Morgan fingerprint density at radius 3 is 2.93 bits per heavy atom. The summed E-state index contributed by atoms with van der Waals surface area (Å²) >= 11 is 0. The molecule has 1 saturated heterocycles. The van der Waals surface area contributed by atoms with E-state index in [4.69, 9.17) is 14.6 Å². The third-order valence-electron chi connectivity index (χ3n) is 2.00. The normalized spacial score (nSPS) is 23.2. The molecule has 0 amide bonds. The van der Waals surface area contributed by atoms with E-state index in [-0.39, 0.29) is 12.0 Å². The zero-order chi connectivity index (χ0) is 10.4. The van der Waals surface area contributed by atoms with Gasteiger partial charge in [0, 0.05) is 6.42 Å². The number of hydrogen-bond acceptors (Lipinski definition) is 3. The molecular formula is C10H16O4. The van der Waals surface area contributed by atoms with Gasteiger partial charge in [-0.05, 0) is 25.3 Å². The van der Waals surface area contributed by atoms with Crippen molar-refractivity contribution in [2.24, 2.45) is 0 Å². The van der Waals surface area contributed by atoms with Gasteiger partial charge >= 0.3 is 5.97 Å². The fourth-order valence-electron chi connectivity index (χ4n) is 1.32. The first-order valence-electron chi connectivity index (χ1n) is 4.95. The molecule has 4 nitrogen and oxygen atoms in total. The van der Waals surface area contributed by atoms with Gasteiger partial charge in [-0.15, -0.1) is 0 Å². The minimum Gasteiger partial charge on any atom is -0.475 e. The molecule has 0 aromatic heterocycles. The molecular weight excluding hydrogens is 184 g/mol. The monoisotopic (exact) mass is 200 g/mol. The predicted octanol–water partition coefficient (Wildman–Crippen LogP) is 1.91. The van der Waals surface area contributed by atoms with Crippen LogP contribution in [-0.4, -0.2) is 24.0 Å². The Labute approximate surface area is 83.5 Å². The van der Waals surface area contributed by atoms with E-state index in [1.54, 1.807) is 6.08 Å². The summed E-state index contributed by atoms with van der Waals surface area (Å²) in [6.07, 6.45) is 4.66. The second-order valence-electron chi connectivity index (χ2n) is 3.20. The first-order valence-corrected chi connectivity index (χ1v) is 4.95. The third-order valence-corrected chi connectivity index (χ3v) is 2.00. The Morgan fingerprint density at radius 1 is 1.64 bits per heavy atom. The smallest absolute Gasteiger partial charge is 0.370 e. The predicted molar refractivity (Wildman–Crippen MR) is 50.7 cm³/mol. The topological polar surface area (TPSA) is 55.8 Å². The number of allylic oxidation sites excluding steroid dienone is 1. The Morgan fingerprint density at radius 2 is 2.43 bits per heavy atom. The highest BCUT2D eigenvalue weighted by Crippen LogP contribution is 2.17. The molecule has 0 saturated carbocycles. The first-order chi connectivity index (χ1) is 6.74. The molecule has 1 N–H and O–H groups in total. The molecule has 0 spiro atoms. The maximum absolute atomic E-state index is 10.7. The number of carboxylic acid groups (broad SMARTS) is 1. The molecule has 0 aromatic rings. The van der Waals surface area contributed by atoms with Crippen molar-refractivity contribution >= 4 is 5.97 Å². The van der Waals surface area contributed by atoms with Crippen molar-refractivity contribution in [1.29, 1.82) is 0 Å². The lowest BCUT2D eigenvalue weighted by molar-refractivity contribution is -0.159. The Hall–Kier alpha value is -1.03. The van der Waals surface area contributed by atoms with Crippen LogP contribution in [-0.2, 0) is 14.3 Å². The Balaban J connectivity index is 2.46. The zero-order valence-corrected chi connectivity index (χ0v) is 8.36. The van der Waals surface area contributed by atoms with Crippen LogP contribution in [0.25, 0.3) is 0 Å². The molecule has 1 fully saturated rings. The van der Waals surface area contributed by atoms with Crippen molar-refractivity contribution < 1.29 is 19.4 Å². The summed E-state index contributed by atoms with van der Waals surface area (Å²) in [4.78, 5) is 10.7. The lowest BCUT2D eigenvalue weighted by Gasteiger charge is -2.23. The third kappa shape index (κ3) is 3.38. The van der Waals surface area contributed by atoms with Gasteiger partial charge in [0.05, 0.1) is 6.61 Å². The molecule has 1 unspecified atom stereocenters. The van der Waals surface area contributed by atoms with Gasteiger partial charge in [0.25, 0.3) is 0 Å². The van der Waals surface area contributed by atoms with E-state index >= 15 is 0 Å². The average Bonchev–Trinajstić information content (AvgIpc) is 2.18. The largest absolute Gasteiger partial charge is 0.475 e. The van der Waals surface area contributed by atoms with Crippen LogP contribution in [0.5, 0.6) is 0 Å². The van der Waals surface area contributed by atoms with E-state index in [1.807, 2.05) is 6.92 Å². The number of aliphatic carboxylic acids is 1. The van der Waals surface area contributed by atoms with Gasteiger partial charge < -0.3 is 14.6 Å². The van der Waals surface area contributed by atoms with E-state index in [1.165, 1.54) is 0 Å². The number of carbonyl (C=O) groups is 1. The molecule has 0 radical (unpaired) electrons. The summed E-state index contributed by atoms with van der Waals surface area (Å²) in [7, 11) is 0. The highest BCUT2D eigenvalue weighted by atomic mass is 16.7. The molecule has 1 heterocycles. The Bertz CT molecular complexity index is 216. The summed E-state index contributed by atoms with van der Waals surface area (Å²) in [6, 6.07) is 0. The molecule has 80 valence electrons. The number of ether oxygens (including phenoxy) is 2. The van der Waals surface area contributed by atoms with E-state index in [0.29, 0.717) is 13.0 Å². The SMILES string of the molecule is CC/C=C(/OC1CCCCO1)C(=O)O. The minimum absolute atomic E-state index is 0.000556. The van der Waals surface area contributed by atoms with E-state index in [0.717, 1.165) is 19.3 Å². The van der Waals surface area contributed by atoms with Crippen LogP contribution < -0.4 is 0 Å². The summed E-state index contributed by atoms with van der Waals surface area (Å²) in [5.74, 6) is -1.03. The highest BCUT2D eigenvalue weighted by molar-refractivity contribution is 5.84. The van der Waals surface area contributed by atoms with Gasteiger partial charge in [-0.1, -0.05) is 6.92 Å². The van der Waals surface area contributed by atoms with Crippen molar-refractivity contribution in [3.05, 3.63) is 11.8 Å². The quantitative estimate of drug-likeness (QED) is 0.556. The van der Waals surface area contributed by atoms with E-state index in [2.05, 4.69) is 0 Å². The summed E-state index contributed by atoms with van der Waals surface area (Å²) < 4.78 is 10.5. The molecule has 1 aliphatic heterocycles. The number of carboxylic acids is 1. The van der Waals surface area contributed by atoms with Crippen molar-refractivity contribution in [1.82, 2.24) is 0 Å². The summed E-state index contributed by atoms with van der Waals surface area (Å²) in [5.41, 5.74) is 0. The van der Waals surface area contributed by atoms with Crippen molar-refractivity contribution in [3.63, 3.8) is 0 Å². The lowest BCUT2D eigenvalue weighted by Crippen LogP contribution is -2.24. The van der Waals surface area contributed by atoms with Crippen molar-refractivity contribution in [2.45, 2.75) is 38.9 Å². The molecule has 1 rings (SSSR count). The van der Waals surface area contributed by atoms with Crippen LogP contribution in [0.2, 0.25) is 0 Å². The van der Waals surface area contributed by atoms with Gasteiger partial charge in [0.2, 0.25) is 5.76 Å². The number of rotatable bonds is 4. The highest BCUT2D eigenvalue weighted by Gasteiger charge is 2.19. The summed E-state index contributed by atoms with van der Waals surface area (Å²) in [5, 5.41) is 8.79. The Kier molecular flexibility index (Phi) is 4.46. The van der Waals surface area contributed by atoms with Gasteiger partial charge in [-0.25, -0.2) is 4.79 Å². The number of hydrogen-bond donors (Lipinski definition) is 1. The fourth-order valence-corrected chi connectivity index (χ4v) is 1.32. The van der Waals surface area contributed by atoms with Crippen molar-refractivity contribution in [3.8, 4) is 0 Å². The first kappa shape index (κ1) is 11.0. The van der Waals surface area contributed by atoms with Gasteiger partial charge in [-0.2, -0.15) is 0 Å². The average molecular weight is 200 g/mol.